The van der Waals surface area contributed by atoms with Crippen molar-refractivity contribution >= 4 is 18.4 Å². The number of likely N-dealkylation sites (tertiary alicyclic amines) is 1. The zero-order valence-electron chi connectivity index (χ0n) is 19.2. The predicted octanol–water partition coefficient (Wildman–Crippen LogP) is 6.23. The topological polar surface area (TPSA) is 79.5 Å². The molecule has 1 aliphatic rings. The van der Waals surface area contributed by atoms with Gasteiger partial charge < -0.3 is 9.63 Å². The van der Waals surface area contributed by atoms with E-state index in [2.05, 4.69) is 52.3 Å². The van der Waals surface area contributed by atoms with E-state index in [1.54, 1.807) is 0 Å². The lowest BCUT2D eigenvalue weighted by atomic mass is 9.94. The number of aromatic carboxylic acids is 1. The van der Waals surface area contributed by atoms with Crippen LogP contribution < -0.4 is 0 Å². The Morgan fingerprint density at radius 1 is 1.03 bits per heavy atom. The normalized spacial score (nSPS) is 13.5. The molecule has 0 saturated carbocycles. The minimum atomic E-state index is -1.32. The summed E-state index contributed by atoms with van der Waals surface area (Å²) in [6.07, 6.45) is 2.42. The lowest BCUT2D eigenvalue weighted by molar-refractivity contribution is 0.0692. The minimum Gasteiger partial charge on any atom is -0.478 e. The van der Waals surface area contributed by atoms with Crippen LogP contribution in [0.5, 0.6) is 0 Å². The average Bonchev–Trinajstić information content (AvgIpc) is 3.52. The number of hydrogen-bond donors (Lipinski definition) is 1. The molecule has 1 N–H and O–H groups in total. The van der Waals surface area contributed by atoms with Gasteiger partial charge in [-0.15, -0.1) is 12.4 Å². The highest BCUT2D eigenvalue weighted by Crippen LogP contribution is 2.32. The summed E-state index contributed by atoms with van der Waals surface area (Å²) in [5, 5.41) is 13.0. The molecule has 3 aromatic carbocycles. The lowest BCUT2D eigenvalue weighted by Gasteiger charge is -2.19. The first-order chi connectivity index (χ1) is 16.5. The molecule has 5 rings (SSSR count). The van der Waals surface area contributed by atoms with E-state index in [-0.39, 0.29) is 18.2 Å². The van der Waals surface area contributed by atoms with Crippen molar-refractivity contribution in [3.63, 3.8) is 0 Å². The molecule has 6 nitrogen and oxygen atoms in total. The third-order valence-electron chi connectivity index (χ3n) is 6.26. The number of aromatic nitrogens is 2. The van der Waals surface area contributed by atoms with Crippen molar-refractivity contribution in [3.05, 3.63) is 83.2 Å². The SMILES string of the molecule is Cc1ccccc1-c1ccc(-c2nc(-c3ccc(C(=O)O)c(F)c3)no2)cc1CN1CCCC1.Cl. The lowest BCUT2D eigenvalue weighted by Crippen LogP contribution is -2.19. The van der Waals surface area contributed by atoms with Gasteiger partial charge >= 0.3 is 5.97 Å². The van der Waals surface area contributed by atoms with Gasteiger partial charge in [0.05, 0.1) is 5.56 Å². The first-order valence-electron chi connectivity index (χ1n) is 11.3. The van der Waals surface area contributed by atoms with Crippen molar-refractivity contribution in [3.8, 4) is 34.0 Å². The molecule has 4 aromatic rings. The van der Waals surface area contributed by atoms with Crippen molar-refractivity contribution < 1.29 is 18.8 Å². The van der Waals surface area contributed by atoms with Crippen molar-refractivity contribution in [2.24, 2.45) is 0 Å². The van der Waals surface area contributed by atoms with Gasteiger partial charge in [0.2, 0.25) is 5.82 Å². The second kappa shape index (κ2) is 10.4. The first-order valence-corrected chi connectivity index (χ1v) is 11.3. The molecule has 0 aliphatic carbocycles. The van der Waals surface area contributed by atoms with Gasteiger partial charge in [-0.3, -0.25) is 4.90 Å². The highest BCUT2D eigenvalue weighted by atomic mass is 35.5. The Kier molecular flexibility index (Phi) is 7.28. The highest BCUT2D eigenvalue weighted by Gasteiger charge is 2.19. The number of nitrogens with zero attached hydrogens (tertiary/aromatic N) is 3. The Morgan fingerprint density at radius 2 is 1.77 bits per heavy atom. The fourth-order valence-electron chi connectivity index (χ4n) is 4.46. The zero-order chi connectivity index (χ0) is 23.7. The van der Waals surface area contributed by atoms with Gasteiger partial charge in [-0.2, -0.15) is 4.98 Å². The number of benzene rings is 3. The van der Waals surface area contributed by atoms with Crippen molar-refractivity contribution in [2.75, 3.05) is 13.1 Å². The molecule has 1 aromatic heterocycles. The summed E-state index contributed by atoms with van der Waals surface area (Å²) in [6, 6.07) is 18.3. The smallest absolute Gasteiger partial charge is 0.338 e. The van der Waals surface area contributed by atoms with E-state index in [1.807, 2.05) is 12.1 Å². The Balaban J connectivity index is 0.00000289. The van der Waals surface area contributed by atoms with Crippen LogP contribution in [0.25, 0.3) is 34.0 Å². The van der Waals surface area contributed by atoms with Crippen molar-refractivity contribution in [1.29, 1.82) is 0 Å². The maximum absolute atomic E-state index is 14.1. The molecule has 180 valence electrons. The van der Waals surface area contributed by atoms with E-state index in [9.17, 15) is 9.18 Å². The standard InChI is InChI=1S/C27H24FN3O3.ClH/c1-17-6-2-3-7-21(17)22-10-9-19(14-20(22)16-31-12-4-5-13-31)26-29-25(30-34-26)18-8-11-23(27(32)33)24(28)15-18;/h2-3,6-11,14-15H,4-5,12-13,16H2,1H3,(H,32,33);1H. The Morgan fingerprint density at radius 3 is 2.49 bits per heavy atom. The van der Waals surface area contributed by atoms with Crippen LogP contribution in [0.2, 0.25) is 0 Å². The molecule has 35 heavy (non-hydrogen) atoms. The number of halogens is 2. The molecule has 1 aliphatic heterocycles. The fourth-order valence-corrected chi connectivity index (χ4v) is 4.46. The summed E-state index contributed by atoms with van der Waals surface area (Å²) >= 11 is 0. The summed E-state index contributed by atoms with van der Waals surface area (Å²) in [5.41, 5.74) is 5.52. The quantitative estimate of drug-likeness (QED) is 0.343. The Hall–Kier alpha value is -3.55. The van der Waals surface area contributed by atoms with Gasteiger partial charge in [0.15, 0.2) is 0 Å². The van der Waals surface area contributed by atoms with Crippen LogP contribution in [-0.4, -0.2) is 39.2 Å². The first kappa shape index (κ1) is 24.6. The average molecular weight is 494 g/mol. The Labute approximate surface area is 208 Å². The number of carboxylic acids is 1. The monoisotopic (exact) mass is 493 g/mol. The predicted molar refractivity (Wildman–Crippen MR) is 134 cm³/mol. The van der Waals surface area contributed by atoms with Crippen molar-refractivity contribution in [2.45, 2.75) is 26.3 Å². The van der Waals surface area contributed by atoms with E-state index in [0.29, 0.717) is 11.5 Å². The molecular formula is C27H25ClFN3O3. The summed E-state index contributed by atoms with van der Waals surface area (Å²) < 4.78 is 19.6. The second-order valence-corrected chi connectivity index (χ2v) is 8.59. The summed E-state index contributed by atoms with van der Waals surface area (Å²) in [7, 11) is 0. The molecule has 0 atom stereocenters. The van der Waals surface area contributed by atoms with Gasteiger partial charge in [-0.05, 0) is 85.4 Å². The number of aryl methyl sites for hydroxylation is 1. The van der Waals surface area contributed by atoms with E-state index in [0.717, 1.165) is 31.3 Å². The van der Waals surface area contributed by atoms with Gasteiger partial charge in [0.1, 0.15) is 5.82 Å². The third-order valence-corrected chi connectivity index (χ3v) is 6.26. The van der Waals surface area contributed by atoms with Gasteiger partial charge in [0, 0.05) is 17.7 Å². The molecule has 1 saturated heterocycles. The number of rotatable bonds is 6. The second-order valence-electron chi connectivity index (χ2n) is 8.59. The maximum atomic E-state index is 14.1. The van der Waals surface area contributed by atoms with E-state index in [1.165, 1.54) is 47.2 Å². The molecule has 0 amide bonds. The van der Waals surface area contributed by atoms with Crippen molar-refractivity contribution in [1.82, 2.24) is 15.0 Å². The van der Waals surface area contributed by atoms with E-state index in [4.69, 9.17) is 9.63 Å². The van der Waals surface area contributed by atoms with E-state index >= 15 is 0 Å². The van der Waals surface area contributed by atoms with Gasteiger partial charge in [0.25, 0.3) is 5.89 Å². The van der Waals surface area contributed by atoms with Gasteiger partial charge in [-0.1, -0.05) is 35.5 Å². The van der Waals surface area contributed by atoms with Crippen LogP contribution >= 0.6 is 12.4 Å². The number of hydrogen-bond acceptors (Lipinski definition) is 5. The third kappa shape index (κ3) is 5.11. The van der Waals surface area contributed by atoms with Crippen LogP contribution in [0.15, 0.2) is 65.2 Å². The molecule has 2 heterocycles. The zero-order valence-corrected chi connectivity index (χ0v) is 20.0. The Bertz CT molecular complexity index is 1370. The maximum Gasteiger partial charge on any atom is 0.338 e. The van der Waals surface area contributed by atoms with E-state index < -0.39 is 17.3 Å². The van der Waals surface area contributed by atoms with Crippen LogP contribution in [0.3, 0.4) is 0 Å². The molecule has 0 unspecified atom stereocenters. The molecule has 8 heteroatoms. The van der Waals surface area contributed by atoms with Crippen LogP contribution in [0.4, 0.5) is 4.39 Å². The largest absolute Gasteiger partial charge is 0.478 e. The van der Waals surface area contributed by atoms with Crippen LogP contribution in [0, 0.1) is 12.7 Å². The molecule has 0 radical (unpaired) electrons. The summed E-state index contributed by atoms with van der Waals surface area (Å²) in [5.74, 6) is -1.63. The van der Waals surface area contributed by atoms with Crippen LogP contribution in [-0.2, 0) is 6.54 Å². The van der Waals surface area contributed by atoms with Gasteiger partial charge in [-0.25, -0.2) is 9.18 Å². The number of carboxylic acid groups (broad SMARTS) is 1. The van der Waals surface area contributed by atoms with Crippen LogP contribution in [0.1, 0.15) is 34.3 Å². The molecule has 0 spiro atoms. The fraction of sp³-hybridized carbons (Fsp3) is 0.222. The summed E-state index contributed by atoms with van der Waals surface area (Å²) in [4.78, 5) is 18.0. The molecule has 1 fully saturated rings. The highest BCUT2D eigenvalue weighted by molar-refractivity contribution is 5.88. The minimum absolute atomic E-state index is 0. The number of carbonyl (C=O) groups is 1. The molecule has 0 bridgehead atoms. The summed E-state index contributed by atoms with van der Waals surface area (Å²) in [6.45, 7) is 5.11. The molecular weight excluding hydrogens is 469 g/mol.